The first-order chi connectivity index (χ1) is 10.7. The molecule has 0 bridgehead atoms. The van der Waals surface area contributed by atoms with Crippen LogP contribution in [0.1, 0.15) is 55.9 Å². The number of hydrogen-bond acceptors (Lipinski definition) is 6. The van der Waals surface area contributed by atoms with E-state index in [1.165, 1.54) is 23.2 Å². The normalized spacial score (nSPS) is 18.0. The van der Waals surface area contributed by atoms with Gasteiger partial charge in [-0.05, 0) is 40.5 Å². The van der Waals surface area contributed by atoms with E-state index < -0.39 is 11.7 Å². The molecule has 1 aliphatic heterocycles. The predicted molar refractivity (Wildman–Crippen MR) is 89.4 cm³/mol. The van der Waals surface area contributed by atoms with Crippen molar-refractivity contribution in [2.45, 2.75) is 59.2 Å². The maximum atomic E-state index is 12.6. The topological polar surface area (TPSA) is 68.7 Å². The lowest BCUT2D eigenvalue weighted by Gasteiger charge is -2.27. The molecule has 0 aromatic carbocycles. The van der Waals surface area contributed by atoms with Crippen molar-refractivity contribution >= 4 is 28.3 Å². The van der Waals surface area contributed by atoms with Crippen molar-refractivity contribution in [3.63, 3.8) is 0 Å². The number of carbonyl (C=O) groups excluding carboxylic acids is 2. The molecule has 1 aliphatic rings. The lowest BCUT2D eigenvalue weighted by atomic mass is 10.2. The summed E-state index contributed by atoms with van der Waals surface area (Å²) < 4.78 is 11.1. The number of ether oxygens (including phenoxy) is 2. The molecule has 0 saturated carbocycles. The van der Waals surface area contributed by atoms with Crippen LogP contribution < -0.4 is 4.90 Å². The predicted octanol–water partition coefficient (Wildman–Crippen LogP) is 3.57. The van der Waals surface area contributed by atoms with Crippen LogP contribution in [-0.4, -0.2) is 41.7 Å². The summed E-state index contributed by atoms with van der Waals surface area (Å²) in [5.74, 6) is -0.0486. The highest BCUT2D eigenvalue weighted by molar-refractivity contribution is 7.17. The Kier molecular flexibility index (Phi) is 5.41. The smallest absolute Gasteiger partial charge is 0.416 e. The molecule has 0 spiro atoms. The molecular weight excluding hydrogens is 316 g/mol. The molecule has 1 amide bonds. The minimum absolute atomic E-state index is 0.0208. The molecule has 1 unspecified atom stereocenters. The van der Waals surface area contributed by atoms with E-state index in [1.54, 1.807) is 6.92 Å². The zero-order valence-corrected chi connectivity index (χ0v) is 15.2. The number of carbonyl (C=O) groups is 2. The van der Waals surface area contributed by atoms with Gasteiger partial charge in [0.1, 0.15) is 5.60 Å². The Bertz CT molecular complexity index is 585. The van der Waals surface area contributed by atoms with Gasteiger partial charge in [0.2, 0.25) is 0 Å². The molecule has 7 heteroatoms. The molecule has 1 aromatic heterocycles. The van der Waals surface area contributed by atoms with Crippen LogP contribution in [0, 0.1) is 6.92 Å². The van der Waals surface area contributed by atoms with E-state index in [9.17, 15) is 9.59 Å². The number of thiazole rings is 1. The van der Waals surface area contributed by atoms with Gasteiger partial charge in [-0.3, -0.25) is 9.69 Å². The Labute approximate surface area is 140 Å². The van der Waals surface area contributed by atoms with Gasteiger partial charge >= 0.3 is 6.09 Å². The maximum Gasteiger partial charge on any atom is 0.416 e. The van der Waals surface area contributed by atoms with E-state index in [-0.39, 0.29) is 11.9 Å². The van der Waals surface area contributed by atoms with Crippen LogP contribution in [0.2, 0.25) is 0 Å². The second-order valence-electron chi connectivity index (χ2n) is 6.69. The van der Waals surface area contributed by atoms with E-state index in [0.29, 0.717) is 28.9 Å². The third-order valence-corrected chi connectivity index (χ3v) is 4.64. The number of Topliss-reactive ketones (excluding diaryl/α,β-unsaturated/α-hetero) is 1. The fraction of sp³-hybridized carbons (Fsp3) is 0.688. The molecule has 128 valence electrons. The molecule has 2 heterocycles. The summed E-state index contributed by atoms with van der Waals surface area (Å²) in [5.41, 5.74) is 0.0417. The number of nitrogens with zero attached hydrogens (tertiary/aromatic N) is 2. The molecule has 1 aromatic rings. The highest BCUT2D eigenvalue weighted by atomic mass is 32.1. The molecule has 0 aliphatic carbocycles. The van der Waals surface area contributed by atoms with Gasteiger partial charge in [0.15, 0.2) is 10.9 Å². The quantitative estimate of drug-likeness (QED) is 0.784. The molecule has 2 rings (SSSR count). The standard InChI is InChI=1S/C16H24N2O4S/c1-10-13(11(2)19)23-14(17-10)18(9-12-7-6-8-21-12)15(20)22-16(3,4)5/h12H,6-9H2,1-5H3. The summed E-state index contributed by atoms with van der Waals surface area (Å²) >= 11 is 1.22. The van der Waals surface area contributed by atoms with Gasteiger partial charge < -0.3 is 9.47 Å². The third kappa shape index (κ3) is 4.75. The Morgan fingerprint density at radius 2 is 2.13 bits per heavy atom. The summed E-state index contributed by atoms with van der Waals surface area (Å²) in [5, 5.41) is 0.484. The van der Waals surface area contributed by atoms with Gasteiger partial charge in [-0.15, -0.1) is 0 Å². The van der Waals surface area contributed by atoms with Gasteiger partial charge in [0, 0.05) is 13.5 Å². The van der Waals surface area contributed by atoms with Crippen molar-refractivity contribution in [1.82, 2.24) is 4.98 Å². The Balaban J connectivity index is 2.26. The van der Waals surface area contributed by atoms with Crippen LogP contribution in [0.5, 0.6) is 0 Å². The van der Waals surface area contributed by atoms with Gasteiger partial charge in [-0.2, -0.15) is 0 Å². The van der Waals surface area contributed by atoms with E-state index in [2.05, 4.69) is 4.98 Å². The van der Waals surface area contributed by atoms with Gasteiger partial charge in [-0.1, -0.05) is 11.3 Å². The minimum Gasteiger partial charge on any atom is -0.443 e. The highest BCUT2D eigenvalue weighted by Crippen LogP contribution is 2.29. The zero-order chi connectivity index (χ0) is 17.2. The summed E-state index contributed by atoms with van der Waals surface area (Å²) in [4.78, 5) is 30.7. The molecule has 1 atom stereocenters. The first kappa shape index (κ1) is 17.9. The fourth-order valence-electron chi connectivity index (χ4n) is 2.36. The number of ketones is 1. The van der Waals surface area contributed by atoms with Crippen molar-refractivity contribution < 1.29 is 19.1 Å². The summed E-state index contributed by atoms with van der Waals surface area (Å²) in [6, 6.07) is 0. The van der Waals surface area contributed by atoms with Crippen LogP contribution in [0.25, 0.3) is 0 Å². The lowest BCUT2D eigenvalue weighted by Crippen LogP contribution is -2.41. The maximum absolute atomic E-state index is 12.6. The van der Waals surface area contributed by atoms with Crippen LogP contribution >= 0.6 is 11.3 Å². The lowest BCUT2D eigenvalue weighted by molar-refractivity contribution is 0.0538. The summed E-state index contributed by atoms with van der Waals surface area (Å²) in [6.07, 6.45) is 1.41. The van der Waals surface area contributed by atoms with Crippen LogP contribution in [-0.2, 0) is 9.47 Å². The zero-order valence-electron chi connectivity index (χ0n) is 14.3. The van der Waals surface area contributed by atoms with Crippen LogP contribution in [0.3, 0.4) is 0 Å². The Morgan fingerprint density at radius 1 is 1.43 bits per heavy atom. The Morgan fingerprint density at radius 3 is 2.61 bits per heavy atom. The van der Waals surface area contributed by atoms with E-state index >= 15 is 0 Å². The second-order valence-corrected chi connectivity index (χ2v) is 7.67. The molecule has 0 radical (unpaired) electrons. The highest BCUT2D eigenvalue weighted by Gasteiger charge is 2.30. The van der Waals surface area contributed by atoms with Gasteiger partial charge in [-0.25, -0.2) is 9.78 Å². The molecule has 1 saturated heterocycles. The molecular formula is C16H24N2O4S. The monoisotopic (exact) mass is 340 g/mol. The first-order valence-corrected chi connectivity index (χ1v) is 8.59. The third-order valence-electron chi connectivity index (χ3n) is 3.36. The number of rotatable bonds is 4. The summed E-state index contributed by atoms with van der Waals surface area (Å²) in [7, 11) is 0. The SMILES string of the molecule is CC(=O)c1sc(N(CC2CCCO2)C(=O)OC(C)(C)C)nc1C. The number of aromatic nitrogens is 1. The number of amides is 1. The number of anilines is 1. The largest absolute Gasteiger partial charge is 0.443 e. The Hall–Kier alpha value is -1.47. The van der Waals surface area contributed by atoms with Crippen LogP contribution in [0.4, 0.5) is 9.93 Å². The fourth-order valence-corrected chi connectivity index (χ4v) is 3.33. The van der Waals surface area contributed by atoms with E-state index in [0.717, 1.165) is 12.8 Å². The summed E-state index contributed by atoms with van der Waals surface area (Å²) in [6.45, 7) is 9.84. The van der Waals surface area contributed by atoms with Crippen molar-refractivity contribution in [3.05, 3.63) is 10.6 Å². The minimum atomic E-state index is -0.596. The van der Waals surface area contributed by atoms with Gasteiger partial charge in [0.05, 0.1) is 23.2 Å². The molecule has 23 heavy (non-hydrogen) atoms. The van der Waals surface area contributed by atoms with E-state index in [4.69, 9.17) is 9.47 Å². The van der Waals surface area contributed by atoms with Crippen LogP contribution in [0.15, 0.2) is 0 Å². The number of hydrogen-bond donors (Lipinski definition) is 0. The van der Waals surface area contributed by atoms with Crippen molar-refractivity contribution in [2.75, 3.05) is 18.1 Å². The average Bonchev–Trinajstić information content (AvgIpc) is 3.02. The molecule has 0 N–H and O–H groups in total. The molecule has 6 nitrogen and oxygen atoms in total. The first-order valence-electron chi connectivity index (χ1n) is 7.78. The second kappa shape index (κ2) is 6.97. The van der Waals surface area contributed by atoms with Crippen molar-refractivity contribution in [2.24, 2.45) is 0 Å². The van der Waals surface area contributed by atoms with Crippen molar-refractivity contribution in [3.8, 4) is 0 Å². The average molecular weight is 340 g/mol. The van der Waals surface area contributed by atoms with Crippen molar-refractivity contribution in [1.29, 1.82) is 0 Å². The number of aryl methyl sites for hydroxylation is 1. The molecule has 1 fully saturated rings. The van der Waals surface area contributed by atoms with Gasteiger partial charge in [0.25, 0.3) is 0 Å². The van der Waals surface area contributed by atoms with E-state index in [1.807, 2.05) is 20.8 Å².